The van der Waals surface area contributed by atoms with Crippen molar-refractivity contribution in [1.82, 2.24) is 10.6 Å². The quantitative estimate of drug-likeness (QED) is 0.717. The Kier molecular flexibility index (Phi) is 7.28. The van der Waals surface area contributed by atoms with Crippen molar-refractivity contribution in [1.29, 1.82) is 0 Å². The van der Waals surface area contributed by atoms with E-state index in [1.54, 1.807) is 0 Å². The van der Waals surface area contributed by atoms with Crippen LogP contribution in [0, 0.1) is 0 Å². The van der Waals surface area contributed by atoms with Crippen molar-refractivity contribution >= 4 is 39.8 Å². The molecule has 0 fully saturated rings. The first kappa shape index (κ1) is 17.2. The van der Waals surface area contributed by atoms with Gasteiger partial charge in [-0.1, -0.05) is 30.3 Å². The molecule has 2 rings (SSSR count). The summed E-state index contributed by atoms with van der Waals surface area (Å²) in [4.78, 5) is 4.23. The van der Waals surface area contributed by atoms with Gasteiger partial charge >= 0.3 is 0 Å². The first-order valence-corrected chi connectivity index (χ1v) is 8.24. The number of sulfone groups is 1. The molecule has 1 aliphatic heterocycles. The van der Waals surface area contributed by atoms with E-state index >= 15 is 0 Å². The van der Waals surface area contributed by atoms with Crippen LogP contribution in [-0.4, -0.2) is 39.8 Å². The number of hydrogen-bond acceptors (Lipinski definition) is 5. The molecular weight excluding hydrogens is 389 g/mol. The van der Waals surface area contributed by atoms with Crippen molar-refractivity contribution in [3.05, 3.63) is 35.9 Å². The molecule has 5 nitrogen and oxygen atoms in total. The fourth-order valence-corrected chi connectivity index (χ4v) is 3.13. The Bertz CT molecular complexity index is 532. The number of hydrogen-bond donors (Lipinski definition) is 2. The number of benzene rings is 1. The molecule has 7 heteroatoms. The molecule has 0 radical (unpaired) electrons. The van der Waals surface area contributed by atoms with Gasteiger partial charge in [0.1, 0.15) is 0 Å². The highest BCUT2D eigenvalue weighted by Gasteiger charge is 2.12. The Morgan fingerprint density at radius 1 is 1.25 bits per heavy atom. The second-order valence-corrected chi connectivity index (χ2v) is 6.70. The zero-order valence-corrected chi connectivity index (χ0v) is 14.4. The van der Waals surface area contributed by atoms with E-state index in [9.17, 15) is 8.42 Å². The molecule has 0 aliphatic carbocycles. The number of nitrogens with zero attached hydrogens (tertiary/aromatic N) is 1. The Balaban J connectivity index is 0.00000200. The molecule has 0 spiro atoms. The van der Waals surface area contributed by atoms with Crippen LogP contribution in [0.25, 0.3) is 0 Å². The summed E-state index contributed by atoms with van der Waals surface area (Å²) in [6.45, 7) is 2.08. The third-order valence-electron chi connectivity index (χ3n) is 2.83. The fraction of sp³-hybridized carbons (Fsp3) is 0.462. The normalized spacial score (nSPS) is 14.7. The van der Waals surface area contributed by atoms with Gasteiger partial charge in [-0.3, -0.25) is 4.99 Å². The maximum Gasteiger partial charge on any atom is 0.191 e. The van der Waals surface area contributed by atoms with Gasteiger partial charge in [0.05, 0.1) is 11.5 Å². The Morgan fingerprint density at radius 2 is 2.00 bits per heavy atom. The molecule has 0 bridgehead atoms. The van der Waals surface area contributed by atoms with E-state index in [2.05, 4.69) is 15.6 Å². The molecular formula is C13H20IN3O2S. The molecule has 0 amide bonds. The lowest BCUT2D eigenvalue weighted by molar-refractivity contribution is 0.593. The second-order valence-electron chi connectivity index (χ2n) is 4.52. The van der Waals surface area contributed by atoms with E-state index in [0.717, 1.165) is 25.1 Å². The Morgan fingerprint density at radius 3 is 2.65 bits per heavy atom. The highest BCUT2D eigenvalue weighted by molar-refractivity contribution is 14.0. The van der Waals surface area contributed by atoms with Crippen LogP contribution in [0.4, 0.5) is 0 Å². The predicted molar refractivity (Wildman–Crippen MR) is 92.3 cm³/mol. The highest BCUT2D eigenvalue weighted by Crippen LogP contribution is 2.05. The van der Waals surface area contributed by atoms with Crippen LogP contribution in [0.2, 0.25) is 0 Å². The fourth-order valence-electron chi connectivity index (χ4n) is 1.88. The molecule has 1 aliphatic rings. The summed E-state index contributed by atoms with van der Waals surface area (Å²) in [6, 6.07) is 9.24. The van der Waals surface area contributed by atoms with Crippen molar-refractivity contribution in [2.24, 2.45) is 4.99 Å². The van der Waals surface area contributed by atoms with Crippen LogP contribution < -0.4 is 10.6 Å². The molecule has 1 heterocycles. The molecule has 0 atom stereocenters. The first-order valence-electron chi connectivity index (χ1n) is 6.42. The molecule has 1 aromatic rings. The average molecular weight is 409 g/mol. The zero-order chi connectivity index (χ0) is 13.6. The van der Waals surface area contributed by atoms with Crippen molar-refractivity contribution in [2.75, 3.05) is 25.4 Å². The summed E-state index contributed by atoms with van der Waals surface area (Å²) in [7, 11) is -3.08. The van der Waals surface area contributed by atoms with Crippen LogP contribution in [0.3, 0.4) is 0 Å². The number of rotatable bonds is 5. The number of aliphatic imine (C=N–C) groups is 1. The second kappa shape index (κ2) is 8.46. The van der Waals surface area contributed by atoms with E-state index < -0.39 is 9.84 Å². The van der Waals surface area contributed by atoms with Crippen molar-refractivity contribution in [3.63, 3.8) is 0 Å². The lowest BCUT2D eigenvalue weighted by Gasteiger charge is -2.15. The molecule has 0 saturated heterocycles. The standard InChI is InChI=1S/C13H19N3O2S.HI/c17-19(18,11-12-5-2-1-3-6-12)10-9-16-13-14-7-4-8-15-13;/h1-3,5-6H,4,7-11H2,(H2,14,15,16);1H. The third-order valence-corrected chi connectivity index (χ3v) is 4.43. The van der Waals surface area contributed by atoms with E-state index in [4.69, 9.17) is 0 Å². The van der Waals surface area contributed by atoms with Crippen molar-refractivity contribution < 1.29 is 8.42 Å². The predicted octanol–water partition coefficient (Wildman–Crippen LogP) is 1.16. The van der Waals surface area contributed by atoms with Gasteiger partial charge in [0.25, 0.3) is 0 Å². The van der Waals surface area contributed by atoms with E-state index in [1.165, 1.54) is 0 Å². The summed E-state index contributed by atoms with van der Waals surface area (Å²) in [5.74, 6) is 0.916. The lowest BCUT2D eigenvalue weighted by atomic mass is 10.2. The molecule has 1 aromatic carbocycles. The lowest BCUT2D eigenvalue weighted by Crippen LogP contribution is -2.42. The maximum atomic E-state index is 11.9. The van der Waals surface area contributed by atoms with E-state index in [-0.39, 0.29) is 35.5 Å². The van der Waals surface area contributed by atoms with Crippen LogP contribution in [0.5, 0.6) is 0 Å². The summed E-state index contributed by atoms with van der Waals surface area (Å²) < 4.78 is 23.9. The van der Waals surface area contributed by atoms with Gasteiger partial charge in [-0.05, 0) is 12.0 Å². The number of halogens is 1. The molecule has 2 N–H and O–H groups in total. The van der Waals surface area contributed by atoms with Crippen LogP contribution in [-0.2, 0) is 15.6 Å². The van der Waals surface area contributed by atoms with Crippen LogP contribution in [0.1, 0.15) is 12.0 Å². The van der Waals surface area contributed by atoms with E-state index in [1.807, 2.05) is 30.3 Å². The van der Waals surface area contributed by atoms with Crippen molar-refractivity contribution in [3.8, 4) is 0 Å². The largest absolute Gasteiger partial charge is 0.356 e. The first-order chi connectivity index (χ1) is 9.16. The number of guanidine groups is 1. The molecule has 0 unspecified atom stereocenters. The molecule has 0 aromatic heterocycles. The maximum absolute atomic E-state index is 11.9. The third kappa shape index (κ3) is 6.08. The van der Waals surface area contributed by atoms with Gasteiger partial charge in [0.15, 0.2) is 15.8 Å². The summed E-state index contributed by atoms with van der Waals surface area (Å²) >= 11 is 0. The van der Waals surface area contributed by atoms with Crippen molar-refractivity contribution in [2.45, 2.75) is 12.2 Å². The monoisotopic (exact) mass is 409 g/mol. The molecule has 112 valence electrons. The van der Waals surface area contributed by atoms with Gasteiger partial charge in [-0.25, -0.2) is 8.42 Å². The Labute approximate surface area is 137 Å². The Hall–Kier alpha value is -0.830. The SMILES string of the molecule is I.O=S(=O)(CCNC1=NCCCN1)Cc1ccccc1. The zero-order valence-electron chi connectivity index (χ0n) is 11.2. The summed E-state index contributed by atoms with van der Waals surface area (Å²) in [6.07, 6.45) is 1.03. The van der Waals surface area contributed by atoms with Gasteiger partial charge in [-0.15, -0.1) is 24.0 Å². The van der Waals surface area contributed by atoms with Gasteiger partial charge in [0, 0.05) is 19.6 Å². The summed E-state index contributed by atoms with van der Waals surface area (Å²) in [5.41, 5.74) is 0.829. The van der Waals surface area contributed by atoms with Crippen LogP contribution in [0.15, 0.2) is 35.3 Å². The average Bonchev–Trinajstić information content (AvgIpc) is 2.40. The molecule has 20 heavy (non-hydrogen) atoms. The van der Waals surface area contributed by atoms with Crippen LogP contribution >= 0.6 is 24.0 Å². The summed E-state index contributed by atoms with van der Waals surface area (Å²) in [5, 5.41) is 6.12. The highest BCUT2D eigenvalue weighted by atomic mass is 127. The smallest absolute Gasteiger partial charge is 0.191 e. The van der Waals surface area contributed by atoms with Gasteiger partial charge in [0.2, 0.25) is 0 Å². The topological polar surface area (TPSA) is 70.6 Å². The van der Waals surface area contributed by atoms with E-state index in [0.29, 0.717) is 12.5 Å². The minimum Gasteiger partial charge on any atom is -0.356 e. The minimum absolute atomic E-state index is 0. The molecule has 0 saturated carbocycles. The van der Waals surface area contributed by atoms with Gasteiger partial charge < -0.3 is 10.6 Å². The van der Waals surface area contributed by atoms with Gasteiger partial charge in [-0.2, -0.15) is 0 Å². The minimum atomic E-state index is -3.08. The number of nitrogens with one attached hydrogen (secondary N) is 2.